The molecule has 2 heterocycles. The highest BCUT2D eigenvalue weighted by Crippen LogP contribution is 2.53. The molecule has 0 radical (unpaired) electrons. The van der Waals surface area contributed by atoms with E-state index in [9.17, 15) is 9.59 Å². The van der Waals surface area contributed by atoms with Crippen LogP contribution in [0.5, 0.6) is 5.75 Å². The number of hydrogen-bond donors (Lipinski definition) is 0. The number of amides is 1. The zero-order chi connectivity index (χ0) is 17.4. The van der Waals surface area contributed by atoms with Crippen molar-refractivity contribution in [2.45, 2.75) is 31.4 Å². The van der Waals surface area contributed by atoms with Crippen LogP contribution in [0.2, 0.25) is 0 Å². The third-order valence-electron chi connectivity index (χ3n) is 6.00. The van der Waals surface area contributed by atoms with Crippen molar-refractivity contribution in [3.05, 3.63) is 30.3 Å². The first-order valence-corrected chi connectivity index (χ1v) is 8.81. The molecule has 0 N–H and O–H groups in total. The zero-order valence-corrected chi connectivity index (χ0v) is 14.3. The molecular formula is C19H23NO5. The van der Waals surface area contributed by atoms with Crippen LogP contribution < -0.4 is 4.74 Å². The Balaban J connectivity index is 1.54. The second kappa shape index (κ2) is 6.33. The average Bonchev–Trinajstić information content (AvgIpc) is 3.16. The van der Waals surface area contributed by atoms with E-state index in [-0.39, 0.29) is 29.8 Å². The number of carbonyl (C=O) groups excluding carboxylic acids is 2. The Morgan fingerprint density at radius 1 is 1.32 bits per heavy atom. The summed E-state index contributed by atoms with van der Waals surface area (Å²) in [5, 5.41) is 0. The first kappa shape index (κ1) is 16.4. The monoisotopic (exact) mass is 345 g/mol. The summed E-state index contributed by atoms with van der Waals surface area (Å²) >= 11 is 0. The van der Waals surface area contributed by atoms with E-state index in [1.54, 1.807) is 4.90 Å². The quantitative estimate of drug-likeness (QED) is 0.838. The summed E-state index contributed by atoms with van der Waals surface area (Å²) in [5.41, 5.74) is -0.0495. The number of rotatable bonds is 4. The molecule has 1 aromatic rings. The van der Waals surface area contributed by atoms with Crippen molar-refractivity contribution in [1.29, 1.82) is 0 Å². The van der Waals surface area contributed by atoms with Gasteiger partial charge in [0.15, 0.2) is 5.78 Å². The maximum absolute atomic E-state index is 12.2. The average molecular weight is 345 g/mol. The second-order valence-corrected chi connectivity index (χ2v) is 7.23. The van der Waals surface area contributed by atoms with E-state index in [1.807, 2.05) is 30.3 Å². The molecule has 3 aliphatic rings. The SMILES string of the molecule is COC(=O)N1CC(C2(COc3ccccc3)CCC2)[C@H]2OCC(=O)[C@H]21. The number of methoxy groups -OCH3 is 1. The lowest BCUT2D eigenvalue weighted by Gasteiger charge is -2.47. The Bertz CT molecular complexity index is 657. The molecule has 1 unspecified atom stereocenters. The molecule has 3 fully saturated rings. The fourth-order valence-electron chi connectivity index (χ4n) is 4.50. The number of likely N-dealkylation sites (tertiary alicyclic amines) is 1. The van der Waals surface area contributed by atoms with Crippen molar-refractivity contribution in [2.24, 2.45) is 11.3 Å². The number of para-hydroxylation sites is 1. The minimum absolute atomic E-state index is 0.0312. The van der Waals surface area contributed by atoms with Gasteiger partial charge in [-0.05, 0) is 25.0 Å². The maximum atomic E-state index is 12.2. The van der Waals surface area contributed by atoms with E-state index in [1.165, 1.54) is 7.11 Å². The molecule has 1 saturated carbocycles. The summed E-state index contributed by atoms with van der Waals surface area (Å²) in [6.07, 6.45) is 2.50. The predicted octanol–water partition coefficient (Wildman–Crippen LogP) is 2.27. The van der Waals surface area contributed by atoms with Gasteiger partial charge in [-0.3, -0.25) is 9.69 Å². The van der Waals surface area contributed by atoms with Gasteiger partial charge < -0.3 is 14.2 Å². The van der Waals surface area contributed by atoms with Gasteiger partial charge in [0.2, 0.25) is 0 Å². The number of nitrogens with zero attached hydrogens (tertiary/aromatic N) is 1. The number of carbonyl (C=O) groups is 2. The van der Waals surface area contributed by atoms with Gasteiger partial charge in [-0.15, -0.1) is 0 Å². The molecule has 1 aromatic carbocycles. The number of ether oxygens (including phenoxy) is 3. The van der Waals surface area contributed by atoms with E-state index in [0.717, 1.165) is 25.0 Å². The molecule has 4 rings (SSSR count). The highest BCUT2D eigenvalue weighted by atomic mass is 16.5. The Hall–Kier alpha value is -2.08. The van der Waals surface area contributed by atoms with Gasteiger partial charge in [-0.25, -0.2) is 4.79 Å². The first-order valence-electron chi connectivity index (χ1n) is 8.81. The Kier molecular flexibility index (Phi) is 4.15. The lowest BCUT2D eigenvalue weighted by Crippen LogP contribution is -2.47. The summed E-state index contributed by atoms with van der Waals surface area (Å²) in [5.74, 6) is 0.911. The van der Waals surface area contributed by atoms with Crippen molar-refractivity contribution in [1.82, 2.24) is 4.90 Å². The fraction of sp³-hybridized carbons (Fsp3) is 0.579. The molecule has 134 valence electrons. The molecule has 0 bridgehead atoms. The number of fused-ring (bicyclic) bond motifs is 1. The van der Waals surface area contributed by atoms with E-state index in [2.05, 4.69) is 0 Å². The molecule has 2 saturated heterocycles. The molecule has 25 heavy (non-hydrogen) atoms. The fourth-order valence-corrected chi connectivity index (χ4v) is 4.50. The molecular weight excluding hydrogens is 322 g/mol. The van der Waals surface area contributed by atoms with Crippen LogP contribution >= 0.6 is 0 Å². The minimum atomic E-state index is -0.508. The van der Waals surface area contributed by atoms with Crippen molar-refractivity contribution in [2.75, 3.05) is 26.9 Å². The molecule has 1 aliphatic carbocycles. The van der Waals surface area contributed by atoms with Crippen molar-refractivity contribution in [3.63, 3.8) is 0 Å². The summed E-state index contributed by atoms with van der Waals surface area (Å²) in [4.78, 5) is 25.9. The minimum Gasteiger partial charge on any atom is -0.493 e. The molecule has 2 aliphatic heterocycles. The number of ketones is 1. The topological polar surface area (TPSA) is 65.1 Å². The van der Waals surface area contributed by atoms with Crippen LogP contribution in [-0.2, 0) is 14.3 Å². The van der Waals surface area contributed by atoms with Gasteiger partial charge in [0, 0.05) is 17.9 Å². The predicted molar refractivity (Wildman–Crippen MR) is 89.4 cm³/mol. The molecule has 0 spiro atoms. The number of Topliss-reactive ketones (excluding diaryl/α,β-unsaturated/α-hetero) is 1. The van der Waals surface area contributed by atoms with E-state index in [4.69, 9.17) is 14.2 Å². The number of benzene rings is 1. The summed E-state index contributed by atoms with van der Waals surface area (Å²) in [7, 11) is 1.35. The van der Waals surface area contributed by atoms with Crippen LogP contribution in [0.4, 0.5) is 4.79 Å². The zero-order valence-electron chi connectivity index (χ0n) is 14.3. The lowest BCUT2D eigenvalue weighted by atomic mass is 9.60. The van der Waals surface area contributed by atoms with Crippen LogP contribution in [-0.4, -0.2) is 55.8 Å². The van der Waals surface area contributed by atoms with Gasteiger partial charge in [0.25, 0.3) is 0 Å². The van der Waals surface area contributed by atoms with E-state index >= 15 is 0 Å². The van der Waals surface area contributed by atoms with Gasteiger partial charge in [0.1, 0.15) is 18.4 Å². The third-order valence-corrected chi connectivity index (χ3v) is 6.00. The molecule has 6 heteroatoms. The van der Waals surface area contributed by atoms with E-state index < -0.39 is 12.1 Å². The molecule has 0 aromatic heterocycles. The number of hydrogen-bond acceptors (Lipinski definition) is 5. The summed E-state index contributed by atoms with van der Waals surface area (Å²) < 4.78 is 16.7. The Morgan fingerprint density at radius 2 is 2.08 bits per heavy atom. The standard InChI is InChI=1S/C19H23NO5/c1-23-18(22)20-10-14(17-16(20)15(21)11-24-17)19(8-5-9-19)12-25-13-6-3-2-4-7-13/h2-4,6-7,14,16-17H,5,8-12H2,1H3/t14?,16-,17-/m1/s1. The molecule has 6 nitrogen and oxygen atoms in total. The highest BCUT2D eigenvalue weighted by molar-refractivity contribution is 5.91. The highest BCUT2D eigenvalue weighted by Gasteiger charge is 2.60. The smallest absolute Gasteiger partial charge is 0.410 e. The maximum Gasteiger partial charge on any atom is 0.410 e. The van der Waals surface area contributed by atoms with Crippen LogP contribution in [0.3, 0.4) is 0 Å². The normalized spacial score (nSPS) is 29.9. The van der Waals surface area contributed by atoms with Gasteiger partial charge in [-0.1, -0.05) is 24.6 Å². The Labute approximate surface area is 147 Å². The van der Waals surface area contributed by atoms with Crippen LogP contribution in [0.25, 0.3) is 0 Å². The second-order valence-electron chi connectivity index (χ2n) is 7.23. The molecule has 3 atom stereocenters. The van der Waals surface area contributed by atoms with Crippen molar-refractivity contribution < 1.29 is 23.8 Å². The van der Waals surface area contributed by atoms with Gasteiger partial charge in [0.05, 0.1) is 19.8 Å². The largest absolute Gasteiger partial charge is 0.493 e. The van der Waals surface area contributed by atoms with Crippen LogP contribution in [0.15, 0.2) is 30.3 Å². The third kappa shape index (κ3) is 2.68. The van der Waals surface area contributed by atoms with Gasteiger partial charge in [-0.2, -0.15) is 0 Å². The Morgan fingerprint density at radius 3 is 2.72 bits per heavy atom. The lowest BCUT2D eigenvalue weighted by molar-refractivity contribution is -0.121. The van der Waals surface area contributed by atoms with Gasteiger partial charge >= 0.3 is 6.09 Å². The summed E-state index contributed by atoms with van der Waals surface area (Å²) in [6, 6.07) is 9.24. The van der Waals surface area contributed by atoms with Crippen molar-refractivity contribution in [3.8, 4) is 5.75 Å². The van der Waals surface area contributed by atoms with Crippen LogP contribution in [0, 0.1) is 11.3 Å². The van der Waals surface area contributed by atoms with E-state index in [0.29, 0.717) is 13.2 Å². The molecule has 1 amide bonds. The first-order chi connectivity index (χ1) is 12.1. The van der Waals surface area contributed by atoms with Crippen molar-refractivity contribution >= 4 is 11.9 Å². The summed E-state index contributed by atoms with van der Waals surface area (Å²) in [6.45, 7) is 1.15. The van der Waals surface area contributed by atoms with Crippen LogP contribution in [0.1, 0.15) is 19.3 Å².